The van der Waals surface area contributed by atoms with Crippen molar-refractivity contribution in [2.75, 3.05) is 19.9 Å². The second-order valence-electron chi connectivity index (χ2n) is 8.37. The average molecular weight is 465 g/mol. The molecule has 0 unspecified atom stereocenters. The minimum absolute atomic E-state index is 0.0356. The van der Waals surface area contributed by atoms with Gasteiger partial charge in [0.2, 0.25) is 5.91 Å². The summed E-state index contributed by atoms with van der Waals surface area (Å²) < 4.78 is 12.8. The van der Waals surface area contributed by atoms with Gasteiger partial charge in [-0.25, -0.2) is 0 Å². The summed E-state index contributed by atoms with van der Waals surface area (Å²) in [5.74, 6) is 2.92. The van der Waals surface area contributed by atoms with Gasteiger partial charge < -0.3 is 14.1 Å². The highest BCUT2D eigenvalue weighted by atomic mass is 32.2. The summed E-state index contributed by atoms with van der Waals surface area (Å²) in [6.07, 6.45) is 1.62. The Labute approximate surface area is 197 Å². The smallest absolute Gasteiger partial charge is 0.233 e. The van der Waals surface area contributed by atoms with Crippen LogP contribution in [0.1, 0.15) is 19.4 Å². The quantitative estimate of drug-likeness (QED) is 0.321. The lowest BCUT2D eigenvalue weighted by molar-refractivity contribution is -0.127. The molecule has 2 aromatic carbocycles. The molecule has 1 amide bonds. The minimum Gasteiger partial charge on any atom is -0.497 e. The van der Waals surface area contributed by atoms with Crippen molar-refractivity contribution in [1.82, 2.24) is 19.7 Å². The third kappa shape index (κ3) is 5.39. The van der Waals surface area contributed by atoms with Crippen molar-refractivity contribution in [2.24, 2.45) is 5.92 Å². The number of carbonyl (C=O) groups is 1. The summed E-state index contributed by atoms with van der Waals surface area (Å²) in [7, 11) is 3.49. The maximum absolute atomic E-state index is 12.8. The number of benzene rings is 2. The maximum atomic E-state index is 12.8. The van der Waals surface area contributed by atoms with Crippen LogP contribution < -0.4 is 4.74 Å². The molecule has 4 aromatic rings. The number of hydrogen-bond acceptors (Lipinski definition) is 6. The molecular formula is C25H28N4O3S. The van der Waals surface area contributed by atoms with Crippen molar-refractivity contribution in [3.63, 3.8) is 0 Å². The highest BCUT2D eigenvalue weighted by molar-refractivity contribution is 7.99. The zero-order chi connectivity index (χ0) is 23.4. The number of thioether (sulfide) groups is 1. The van der Waals surface area contributed by atoms with Gasteiger partial charge in [0, 0.05) is 20.1 Å². The van der Waals surface area contributed by atoms with E-state index in [-0.39, 0.29) is 11.7 Å². The molecule has 7 nitrogen and oxygen atoms in total. The molecule has 4 rings (SSSR count). The highest BCUT2D eigenvalue weighted by Gasteiger charge is 2.19. The summed E-state index contributed by atoms with van der Waals surface area (Å²) >= 11 is 1.40. The van der Waals surface area contributed by atoms with Crippen molar-refractivity contribution in [2.45, 2.75) is 32.1 Å². The highest BCUT2D eigenvalue weighted by Crippen LogP contribution is 2.26. The SMILES string of the molecule is COc1ccc2cc(CN(C)C(=O)CSc3nnc(-c4ccco4)n3CC(C)C)ccc2c1. The summed E-state index contributed by atoms with van der Waals surface area (Å²) in [6.45, 7) is 5.56. The molecule has 0 saturated carbocycles. The first-order valence-corrected chi connectivity index (χ1v) is 11.8. The maximum Gasteiger partial charge on any atom is 0.233 e. The Balaban J connectivity index is 1.42. The number of ether oxygens (including phenoxy) is 1. The Morgan fingerprint density at radius 3 is 2.67 bits per heavy atom. The lowest BCUT2D eigenvalue weighted by atomic mass is 10.1. The number of fused-ring (bicyclic) bond motifs is 1. The second kappa shape index (κ2) is 10.1. The first-order valence-electron chi connectivity index (χ1n) is 10.8. The summed E-state index contributed by atoms with van der Waals surface area (Å²) in [5, 5.41) is 11.6. The monoisotopic (exact) mass is 464 g/mol. The number of rotatable bonds is 9. The van der Waals surface area contributed by atoms with E-state index in [2.05, 4.69) is 36.2 Å². The molecule has 2 aromatic heterocycles. The van der Waals surface area contributed by atoms with E-state index in [4.69, 9.17) is 9.15 Å². The minimum atomic E-state index is 0.0356. The van der Waals surface area contributed by atoms with Gasteiger partial charge >= 0.3 is 0 Å². The average Bonchev–Trinajstić information content (AvgIpc) is 3.46. The molecule has 0 aliphatic rings. The van der Waals surface area contributed by atoms with Crippen LogP contribution in [0, 0.1) is 5.92 Å². The molecule has 33 heavy (non-hydrogen) atoms. The van der Waals surface area contributed by atoms with E-state index in [0.29, 0.717) is 24.0 Å². The number of nitrogens with zero attached hydrogens (tertiary/aromatic N) is 4. The zero-order valence-corrected chi connectivity index (χ0v) is 20.1. The van der Waals surface area contributed by atoms with Crippen LogP contribution in [-0.2, 0) is 17.9 Å². The summed E-state index contributed by atoms with van der Waals surface area (Å²) in [5.41, 5.74) is 1.08. The number of aromatic nitrogens is 3. The molecule has 2 heterocycles. The van der Waals surface area contributed by atoms with Crippen molar-refractivity contribution >= 4 is 28.4 Å². The van der Waals surface area contributed by atoms with Crippen LogP contribution in [0.2, 0.25) is 0 Å². The standard InChI is InChI=1S/C25H28N4O3S/c1-17(2)14-29-24(22-6-5-11-32-22)26-27-25(29)33-16-23(30)28(3)15-18-7-8-20-13-21(31-4)10-9-19(20)12-18/h5-13,17H,14-16H2,1-4H3. The third-order valence-electron chi connectivity index (χ3n) is 5.29. The van der Waals surface area contributed by atoms with Gasteiger partial charge in [-0.2, -0.15) is 0 Å². The van der Waals surface area contributed by atoms with Crippen LogP contribution in [0.25, 0.3) is 22.4 Å². The van der Waals surface area contributed by atoms with Crippen molar-refractivity contribution in [3.8, 4) is 17.3 Å². The lowest BCUT2D eigenvalue weighted by Crippen LogP contribution is -2.28. The van der Waals surface area contributed by atoms with Gasteiger partial charge in [0.15, 0.2) is 16.7 Å². The second-order valence-corrected chi connectivity index (χ2v) is 9.32. The van der Waals surface area contributed by atoms with E-state index in [1.54, 1.807) is 18.3 Å². The normalized spacial score (nSPS) is 11.3. The Bertz CT molecular complexity index is 1230. The first-order chi connectivity index (χ1) is 15.9. The Hall–Kier alpha value is -3.26. The Morgan fingerprint density at radius 1 is 1.15 bits per heavy atom. The van der Waals surface area contributed by atoms with E-state index in [0.717, 1.165) is 33.8 Å². The van der Waals surface area contributed by atoms with E-state index >= 15 is 0 Å². The molecule has 0 bridgehead atoms. The van der Waals surface area contributed by atoms with Gasteiger partial charge in [0.1, 0.15) is 5.75 Å². The third-order valence-corrected chi connectivity index (χ3v) is 6.24. The van der Waals surface area contributed by atoms with Gasteiger partial charge in [0.25, 0.3) is 0 Å². The number of methoxy groups -OCH3 is 1. The molecular weight excluding hydrogens is 436 g/mol. The van der Waals surface area contributed by atoms with Crippen LogP contribution in [0.15, 0.2) is 64.4 Å². The van der Waals surface area contributed by atoms with Crippen LogP contribution >= 0.6 is 11.8 Å². The zero-order valence-electron chi connectivity index (χ0n) is 19.3. The predicted molar refractivity (Wildman–Crippen MR) is 130 cm³/mol. The van der Waals surface area contributed by atoms with Crippen LogP contribution in [0.4, 0.5) is 0 Å². The van der Waals surface area contributed by atoms with Crippen LogP contribution in [0.3, 0.4) is 0 Å². The first kappa shape index (κ1) is 22.9. The number of hydrogen-bond donors (Lipinski definition) is 0. The van der Waals surface area contributed by atoms with Crippen molar-refractivity contribution in [3.05, 3.63) is 60.4 Å². The molecule has 0 N–H and O–H groups in total. The van der Waals surface area contributed by atoms with Crippen LogP contribution in [0.5, 0.6) is 5.75 Å². The van der Waals surface area contributed by atoms with Gasteiger partial charge in [-0.05, 0) is 52.6 Å². The molecule has 0 fully saturated rings. The molecule has 0 saturated heterocycles. The fourth-order valence-corrected chi connectivity index (χ4v) is 4.50. The lowest BCUT2D eigenvalue weighted by Gasteiger charge is -2.18. The predicted octanol–water partition coefficient (Wildman–Crippen LogP) is 5.11. The summed E-state index contributed by atoms with van der Waals surface area (Å²) in [6, 6.07) is 15.9. The molecule has 172 valence electrons. The van der Waals surface area contributed by atoms with E-state index in [1.807, 2.05) is 48.0 Å². The van der Waals surface area contributed by atoms with Gasteiger partial charge in [-0.1, -0.05) is 43.8 Å². The molecule has 0 spiro atoms. The number of furan rings is 1. The molecule has 0 atom stereocenters. The van der Waals surface area contributed by atoms with Gasteiger partial charge in [-0.15, -0.1) is 10.2 Å². The van der Waals surface area contributed by atoms with E-state index in [9.17, 15) is 4.79 Å². The number of amides is 1. The molecule has 0 aliphatic heterocycles. The molecule has 8 heteroatoms. The van der Waals surface area contributed by atoms with E-state index in [1.165, 1.54) is 11.8 Å². The molecule has 0 radical (unpaired) electrons. The van der Waals surface area contributed by atoms with Gasteiger partial charge in [-0.3, -0.25) is 9.36 Å². The fourth-order valence-electron chi connectivity index (χ4n) is 3.61. The largest absolute Gasteiger partial charge is 0.497 e. The number of carbonyl (C=O) groups excluding carboxylic acids is 1. The van der Waals surface area contributed by atoms with Crippen molar-refractivity contribution in [1.29, 1.82) is 0 Å². The Kier molecular flexibility index (Phi) is 7.03. The molecule has 0 aliphatic carbocycles. The van der Waals surface area contributed by atoms with Crippen molar-refractivity contribution < 1.29 is 13.9 Å². The fraction of sp³-hybridized carbons (Fsp3) is 0.320. The summed E-state index contributed by atoms with van der Waals surface area (Å²) in [4.78, 5) is 14.6. The van der Waals surface area contributed by atoms with Gasteiger partial charge in [0.05, 0.1) is 19.1 Å². The topological polar surface area (TPSA) is 73.4 Å². The van der Waals surface area contributed by atoms with E-state index < -0.39 is 0 Å². The van der Waals surface area contributed by atoms with Crippen LogP contribution in [-0.4, -0.2) is 45.5 Å². The Morgan fingerprint density at radius 2 is 1.94 bits per heavy atom.